The monoisotopic (exact) mass is 373 g/mol. The molecule has 0 spiro atoms. The number of rotatable bonds is 6. The zero-order chi connectivity index (χ0) is 18.8. The smallest absolute Gasteiger partial charge is 0.234 e. The lowest BCUT2D eigenvalue weighted by Gasteiger charge is -2.41. The first-order valence-corrected chi connectivity index (χ1v) is 10.2. The van der Waals surface area contributed by atoms with E-state index in [1.54, 1.807) is 14.2 Å². The van der Waals surface area contributed by atoms with Crippen LogP contribution in [0.1, 0.15) is 36.8 Å². The molecule has 1 aromatic carbocycles. The molecule has 1 N–H and O–H groups in total. The summed E-state index contributed by atoms with van der Waals surface area (Å²) in [5.74, 6) is 1.81. The van der Waals surface area contributed by atoms with E-state index >= 15 is 0 Å². The molecule has 148 valence electrons. The van der Waals surface area contributed by atoms with Crippen molar-refractivity contribution in [1.29, 1.82) is 0 Å². The van der Waals surface area contributed by atoms with Crippen molar-refractivity contribution in [2.45, 2.75) is 50.7 Å². The number of hydrogen-bond acceptors (Lipinski definition) is 5. The maximum absolute atomic E-state index is 12.1. The number of carbonyl (C=O) groups is 1. The topological polar surface area (TPSA) is 54.0 Å². The van der Waals surface area contributed by atoms with E-state index in [2.05, 4.69) is 27.2 Å². The highest BCUT2D eigenvalue weighted by Crippen LogP contribution is 2.34. The van der Waals surface area contributed by atoms with Crippen molar-refractivity contribution in [3.63, 3.8) is 0 Å². The van der Waals surface area contributed by atoms with Crippen LogP contribution in [0.2, 0.25) is 0 Å². The number of nitrogens with one attached hydrogen (secondary N) is 1. The molecule has 1 amide bonds. The third-order valence-corrected chi connectivity index (χ3v) is 6.05. The fraction of sp³-hybridized carbons (Fsp3) is 0.667. The van der Waals surface area contributed by atoms with E-state index in [1.807, 2.05) is 0 Å². The Morgan fingerprint density at radius 3 is 2.56 bits per heavy atom. The summed E-state index contributed by atoms with van der Waals surface area (Å²) < 4.78 is 10.9. The molecule has 1 aliphatic carbocycles. The van der Waals surface area contributed by atoms with Crippen LogP contribution in [-0.4, -0.2) is 68.2 Å². The summed E-state index contributed by atoms with van der Waals surface area (Å²) in [6.07, 6.45) is 5.71. The molecule has 1 saturated heterocycles. The molecule has 27 heavy (non-hydrogen) atoms. The van der Waals surface area contributed by atoms with Gasteiger partial charge in [-0.15, -0.1) is 0 Å². The third-order valence-electron chi connectivity index (χ3n) is 6.05. The quantitative estimate of drug-likeness (QED) is 0.824. The SMILES string of the molecule is COc1cc2c(cc1OC)CN([C@H]1CCCN(CC(=O)NC3CC3)C1)CC2. The molecule has 2 aliphatic heterocycles. The van der Waals surface area contributed by atoms with Crippen LogP contribution < -0.4 is 14.8 Å². The van der Waals surface area contributed by atoms with Crippen LogP contribution in [-0.2, 0) is 17.8 Å². The number of piperidine rings is 1. The molecular formula is C21H31N3O3. The van der Waals surface area contributed by atoms with Gasteiger partial charge < -0.3 is 14.8 Å². The van der Waals surface area contributed by atoms with Crippen LogP contribution in [0.15, 0.2) is 12.1 Å². The lowest BCUT2D eigenvalue weighted by Crippen LogP contribution is -2.51. The second kappa shape index (κ2) is 8.07. The molecule has 6 heteroatoms. The Morgan fingerprint density at radius 1 is 1.11 bits per heavy atom. The van der Waals surface area contributed by atoms with E-state index in [1.165, 1.54) is 17.5 Å². The second-order valence-electron chi connectivity index (χ2n) is 8.07. The molecule has 0 unspecified atom stereocenters. The second-order valence-corrected chi connectivity index (χ2v) is 8.07. The number of ether oxygens (including phenoxy) is 2. The van der Waals surface area contributed by atoms with Crippen LogP contribution in [0.3, 0.4) is 0 Å². The van der Waals surface area contributed by atoms with Gasteiger partial charge in [0.05, 0.1) is 20.8 Å². The highest BCUT2D eigenvalue weighted by Gasteiger charge is 2.30. The average Bonchev–Trinajstić information content (AvgIpc) is 3.50. The highest BCUT2D eigenvalue weighted by atomic mass is 16.5. The van der Waals surface area contributed by atoms with Gasteiger partial charge in [0.1, 0.15) is 0 Å². The lowest BCUT2D eigenvalue weighted by molar-refractivity contribution is -0.122. The fourth-order valence-corrected chi connectivity index (χ4v) is 4.39. The number of benzene rings is 1. The predicted molar refractivity (Wildman–Crippen MR) is 104 cm³/mol. The van der Waals surface area contributed by atoms with E-state index in [0.29, 0.717) is 18.6 Å². The first kappa shape index (κ1) is 18.6. The van der Waals surface area contributed by atoms with E-state index < -0.39 is 0 Å². The first-order valence-electron chi connectivity index (χ1n) is 10.2. The van der Waals surface area contributed by atoms with Gasteiger partial charge >= 0.3 is 0 Å². The van der Waals surface area contributed by atoms with E-state index in [9.17, 15) is 4.79 Å². The van der Waals surface area contributed by atoms with Gasteiger partial charge in [-0.05, 0) is 61.9 Å². The average molecular weight is 373 g/mol. The lowest BCUT2D eigenvalue weighted by atomic mass is 9.95. The Morgan fingerprint density at radius 2 is 1.85 bits per heavy atom. The summed E-state index contributed by atoms with van der Waals surface area (Å²) in [4.78, 5) is 17.1. The molecule has 3 aliphatic rings. The molecule has 0 bridgehead atoms. The molecule has 0 radical (unpaired) electrons. The van der Waals surface area contributed by atoms with Gasteiger partial charge in [-0.25, -0.2) is 0 Å². The van der Waals surface area contributed by atoms with Gasteiger partial charge in [0.25, 0.3) is 0 Å². The number of methoxy groups -OCH3 is 2. The van der Waals surface area contributed by atoms with Crippen LogP contribution in [0.25, 0.3) is 0 Å². The van der Waals surface area contributed by atoms with E-state index in [0.717, 1.165) is 63.4 Å². The van der Waals surface area contributed by atoms with Crippen LogP contribution in [0.4, 0.5) is 0 Å². The fourth-order valence-electron chi connectivity index (χ4n) is 4.39. The standard InChI is InChI=1S/C21H31N3O3/c1-26-19-10-15-7-9-24(12-16(15)11-20(19)27-2)18-4-3-8-23(13-18)14-21(25)22-17-5-6-17/h10-11,17-18H,3-9,12-14H2,1-2H3,(H,22,25)/t18-/m0/s1. The molecule has 2 heterocycles. The molecule has 4 rings (SSSR count). The molecular weight excluding hydrogens is 342 g/mol. The Labute approximate surface area is 161 Å². The van der Waals surface area contributed by atoms with Crippen LogP contribution in [0, 0.1) is 0 Å². The third kappa shape index (κ3) is 4.38. The Kier molecular flexibility index (Phi) is 5.55. The van der Waals surface area contributed by atoms with Crippen LogP contribution >= 0.6 is 0 Å². The van der Waals surface area contributed by atoms with Gasteiger partial charge in [-0.1, -0.05) is 0 Å². The largest absolute Gasteiger partial charge is 0.493 e. The normalized spacial score (nSPS) is 23.6. The summed E-state index contributed by atoms with van der Waals surface area (Å²) in [5, 5.41) is 3.11. The number of likely N-dealkylation sites (tertiary alicyclic amines) is 1. The first-order chi connectivity index (χ1) is 13.2. The minimum atomic E-state index is 0.193. The number of carbonyl (C=O) groups excluding carboxylic acids is 1. The molecule has 2 fully saturated rings. The van der Waals surface area contributed by atoms with Crippen molar-refractivity contribution >= 4 is 5.91 Å². The highest BCUT2D eigenvalue weighted by molar-refractivity contribution is 5.78. The van der Waals surface area contributed by atoms with Gasteiger partial charge in [0.2, 0.25) is 5.91 Å². The zero-order valence-corrected chi connectivity index (χ0v) is 16.5. The Balaban J connectivity index is 1.38. The summed E-state index contributed by atoms with van der Waals surface area (Å²) in [6.45, 7) is 4.57. The number of hydrogen-bond donors (Lipinski definition) is 1. The summed E-state index contributed by atoms with van der Waals surface area (Å²) >= 11 is 0. The minimum Gasteiger partial charge on any atom is -0.493 e. The number of amides is 1. The number of nitrogens with zero attached hydrogens (tertiary/aromatic N) is 2. The van der Waals surface area contributed by atoms with Crippen molar-refractivity contribution in [1.82, 2.24) is 15.1 Å². The van der Waals surface area contributed by atoms with Gasteiger partial charge in [-0.2, -0.15) is 0 Å². The molecule has 1 atom stereocenters. The maximum Gasteiger partial charge on any atom is 0.234 e. The Bertz CT molecular complexity index is 689. The summed E-state index contributed by atoms with van der Waals surface area (Å²) in [7, 11) is 3.38. The molecule has 0 aromatic heterocycles. The van der Waals surface area contributed by atoms with Crippen LogP contribution in [0.5, 0.6) is 11.5 Å². The molecule has 6 nitrogen and oxygen atoms in total. The van der Waals surface area contributed by atoms with Gasteiger partial charge in [0, 0.05) is 31.7 Å². The predicted octanol–water partition coefficient (Wildman–Crippen LogP) is 1.80. The van der Waals surface area contributed by atoms with Crippen molar-refractivity contribution in [3.05, 3.63) is 23.3 Å². The zero-order valence-electron chi connectivity index (χ0n) is 16.5. The summed E-state index contributed by atoms with van der Waals surface area (Å²) in [5.41, 5.74) is 2.70. The molecule has 1 saturated carbocycles. The van der Waals surface area contributed by atoms with Gasteiger partial charge in [-0.3, -0.25) is 14.6 Å². The minimum absolute atomic E-state index is 0.193. The van der Waals surface area contributed by atoms with Crippen molar-refractivity contribution in [2.24, 2.45) is 0 Å². The van der Waals surface area contributed by atoms with Crippen molar-refractivity contribution in [2.75, 3.05) is 40.4 Å². The van der Waals surface area contributed by atoms with E-state index in [-0.39, 0.29) is 5.91 Å². The van der Waals surface area contributed by atoms with Gasteiger partial charge in [0.15, 0.2) is 11.5 Å². The number of fused-ring (bicyclic) bond motifs is 1. The van der Waals surface area contributed by atoms with E-state index in [4.69, 9.17) is 9.47 Å². The Hall–Kier alpha value is -1.79. The maximum atomic E-state index is 12.1. The summed E-state index contributed by atoms with van der Waals surface area (Å²) in [6, 6.07) is 5.22. The van der Waals surface area contributed by atoms with Crippen molar-refractivity contribution < 1.29 is 14.3 Å². The van der Waals surface area contributed by atoms with Crippen molar-refractivity contribution in [3.8, 4) is 11.5 Å². The molecule has 1 aromatic rings.